The number of halogens is 1. The maximum atomic E-state index is 13.5. The maximum absolute atomic E-state index is 13.5. The van der Waals surface area contributed by atoms with Gasteiger partial charge in [-0.2, -0.15) is 5.10 Å². The Morgan fingerprint density at radius 3 is 2.68 bits per heavy atom. The molecule has 2 N–H and O–H groups in total. The molecule has 0 saturated carbocycles. The average Bonchev–Trinajstić information content (AvgIpc) is 3.10. The van der Waals surface area contributed by atoms with Crippen molar-refractivity contribution < 1.29 is 17.6 Å². The minimum Gasteiger partial charge on any atom is -0.325 e. The largest absolute Gasteiger partial charge is 0.325 e. The predicted molar refractivity (Wildman–Crippen MR) is 100 cm³/mol. The van der Waals surface area contributed by atoms with Gasteiger partial charge in [-0.3, -0.25) is 10.4 Å². The number of pyridine rings is 1. The first-order chi connectivity index (χ1) is 13.4. The summed E-state index contributed by atoms with van der Waals surface area (Å²) in [5.41, 5.74) is 0.270. The van der Waals surface area contributed by atoms with E-state index in [4.69, 9.17) is 0 Å². The van der Waals surface area contributed by atoms with Crippen molar-refractivity contribution >= 4 is 32.7 Å². The Morgan fingerprint density at radius 1 is 1.14 bits per heavy atom. The standard InChI is InChI=1S/C18H18FN5O3S/c19-12-5-4-6-13(9-12)28(26,27)14-10-15-16(20-11-14)22-23-17(15)21-18(25)24-7-2-1-3-8-24/h4-6,9-11H,1-3,7-8H2,(H2,20,21,22,23,25). The van der Waals surface area contributed by atoms with E-state index in [-0.39, 0.29) is 27.3 Å². The highest BCUT2D eigenvalue weighted by Gasteiger charge is 2.22. The highest BCUT2D eigenvalue weighted by atomic mass is 32.2. The molecule has 1 aliphatic heterocycles. The maximum Gasteiger partial charge on any atom is 0.323 e. The molecule has 10 heteroatoms. The van der Waals surface area contributed by atoms with Crippen molar-refractivity contribution in [3.63, 3.8) is 0 Å². The Labute approximate surface area is 160 Å². The number of likely N-dealkylation sites (tertiary alicyclic amines) is 1. The minimum atomic E-state index is -3.96. The SMILES string of the molecule is O=C(Nc1[nH]nc2ncc(S(=O)(=O)c3cccc(F)c3)cc12)N1CCCCC1. The zero-order chi connectivity index (χ0) is 19.7. The van der Waals surface area contributed by atoms with E-state index in [9.17, 15) is 17.6 Å². The van der Waals surface area contributed by atoms with Crippen LogP contribution in [0.25, 0.3) is 11.0 Å². The molecular weight excluding hydrogens is 385 g/mol. The number of urea groups is 1. The molecule has 8 nitrogen and oxygen atoms in total. The number of fused-ring (bicyclic) bond motifs is 1. The van der Waals surface area contributed by atoms with Crippen LogP contribution >= 0.6 is 0 Å². The van der Waals surface area contributed by atoms with Crippen molar-refractivity contribution in [1.29, 1.82) is 0 Å². The molecule has 1 aromatic carbocycles. The van der Waals surface area contributed by atoms with Gasteiger partial charge in [0.2, 0.25) is 9.84 Å². The van der Waals surface area contributed by atoms with Crippen LogP contribution in [0.4, 0.5) is 15.0 Å². The molecule has 0 aliphatic carbocycles. The molecule has 0 unspecified atom stereocenters. The summed E-state index contributed by atoms with van der Waals surface area (Å²) in [5, 5.41) is 9.79. The number of carbonyl (C=O) groups excluding carboxylic acids is 1. The summed E-state index contributed by atoms with van der Waals surface area (Å²) in [7, 11) is -3.96. The molecule has 4 rings (SSSR count). The second-order valence-electron chi connectivity index (χ2n) is 6.58. The summed E-state index contributed by atoms with van der Waals surface area (Å²) in [5.74, 6) is -0.373. The number of sulfone groups is 1. The van der Waals surface area contributed by atoms with E-state index in [1.54, 1.807) is 4.90 Å². The van der Waals surface area contributed by atoms with Crippen LogP contribution in [0.1, 0.15) is 19.3 Å². The van der Waals surface area contributed by atoms with Crippen LogP contribution in [0.2, 0.25) is 0 Å². The van der Waals surface area contributed by atoms with E-state index < -0.39 is 15.7 Å². The molecule has 0 atom stereocenters. The van der Waals surface area contributed by atoms with E-state index >= 15 is 0 Å². The minimum absolute atomic E-state index is 0.111. The van der Waals surface area contributed by atoms with Gasteiger partial charge >= 0.3 is 6.03 Å². The van der Waals surface area contributed by atoms with Gasteiger partial charge in [-0.15, -0.1) is 0 Å². The molecule has 1 aliphatic rings. The van der Waals surface area contributed by atoms with E-state index in [1.807, 2.05) is 0 Å². The average molecular weight is 403 g/mol. The number of carbonyl (C=O) groups is 1. The Balaban J connectivity index is 1.67. The molecule has 146 valence electrons. The van der Waals surface area contributed by atoms with Gasteiger partial charge in [0.05, 0.1) is 15.2 Å². The number of aromatic amines is 1. The Morgan fingerprint density at radius 2 is 1.93 bits per heavy atom. The Kier molecular flexibility index (Phi) is 4.71. The molecule has 0 spiro atoms. The fourth-order valence-corrected chi connectivity index (χ4v) is 4.44. The van der Waals surface area contributed by atoms with E-state index in [0.717, 1.165) is 25.3 Å². The summed E-state index contributed by atoms with van der Waals surface area (Å²) in [6, 6.07) is 5.87. The zero-order valence-corrected chi connectivity index (χ0v) is 15.7. The van der Waals surface area contributed by atoms with Crippen LogP contribution < -0.4 is 5.32 Å². The lowest BCUT2D eigenvalue weighted by atomic mass is 10.1. The predicted octanol–water partition coefficient (Wildman–Crippen LogP) is 2.95. The third kappa shape index (κ3) is 3.42. The van der Waals surface area contributed by atoms with Crippen LogP contribution in [0.3, 0.4) is 0 Å². The van der Waals surface area contributed by atoms with Gasteiger partial charge in [0.15, 0.2) is 5.65 Å². The second kappa shape index (κ2) is 7.19. The van der Waals surface area contributed by atoms with Gasteiger partial charge < -0.3 is 4.90 Å². The van der Waals surface area contributed by atoms with Gasteiger partial charge in [-0.25, -0.2) is 22.6 Å². The highest BCUT2D eigenvalue weighted by Crippen LogP contribution is 2.26. The number of rotatable bonds is 3. The van der Waals surface area contributed by atoms with Crippen LogP contribution in [0.15, 0.2) is 46.3 Å². The number of anilines is 1. The van der Waals surface area contributed by atoms with E-state index in [2.05, 4.69) is 20.5 Å². The highest BCUT2D eigenvalue weighted by molar-refractivity contribution is 7.91. The molecule has 0 bridgehead atoms. The Hall–Kier alpha value is -3.01. The Bertz CT molecular complexity index is 1140. The lowest BCUT2D eigenvalue weighted by Gasteiger charge is -2.26. The smallest absolute Gasteiger partial charge is 0.323 e. The van der Waals surface area contributed by atoms with Gasteiger partial charge in [0.1, 0.15) is 11.6 Å². The first-order valence-corrected chi connectivity index (χ1v) is 10.3. The molecule has 2 aromatic heterocycles. The third-order valence-corrected chi connectivity index (χ3v) is 6.39. The summed E-state index contributed by atoms with van der Waals surface area (Å²) in [6.07, 6.45) is 4.17. The summed E-state index contributed by atoms with van der Waals surface area (Å²) >= 11 is 0. The van der Waals surface area contributed by atoms with E-state index in [1.165, 1.54) is 30.5 Å². The molecule has 2 amide bonds. The number of H-pyrrole nitrogens is 1. The van der Waals surface area contributed by atoms with E-state index in [0.29, 0.717) is 18.5 Å². The molecule has 0 radical (unpaired) electrons. The third-order valence-electron chi connectivity index (χ3n) is 4.68. The summed E-state index contributed by atoms with van der Waals surface area (Å²) in [6.45, 7) is 1.35. The lowest BCUT2D eigenvalue weighted by Crippen LogP contribution is -2.38. The van der Waals surface area contributed by atoms with Crippen molar-refractivity contribution in [2.45, 2.75) is 29.1 Å². The summed E-state index contributed by atoms with van der Waals surface area (Å²) < 4.78 is 39.1. The first kappa shape index (κ1) is 18.4. The number of nitrogens with zero attached hydrogens (tertiary/aromatic N) is 3. The van der Waals surface area contributed by atoms with Crippen LogP contribution in [-0.4, -0.2) is 47.6 Å². The van der Waals surface area contributed by atoms with Crippen LogP contribution in [0, 0.1) is 5.82 Å². The van der Waals surface area contributed by atoms with Gasteiger partial charge in [0.25, 0.3) is 0 Å². The summed E-state index contributed by atoms with van der Waals surface area (Å²) in [4.78, 5) is 17.9. The molecule has 28 heavy (non-hydrogen) atoms. The molecule has 3 aromatic rings. The number of piperidine rings is 1. The molecule has 1 saturated heterocycles. The second-order valence-corrected chi connectivity index (χ2v) is 8.53. The van der Waals surface area contributed by atoms with Crippen molar-refractivity contribution in [2.75, 3.05) is 18.4 Å². The monoisotopic (exact) mass is 403 g/mol. The van der Waals surface area contributed by atoms with Crippen molar-refractivity contribution in [1.82, 2.24) is 20.1 Å². The molecular formula is C18H18FN5O3S. The van der Waals surface area contributed by atoms with Gasteiger partial charge in [-0.1, -0.05) is 6.07 Å². The van der Waals surface area contributed by atoms with Gasteiger partial charge in [-0.05, 0) is 43.5 Å². The topological polar surface area (TPSA) is 108 Å². The van der Waals surface area contributed by atoms with Crippen molar-refractivity contribution in [3.8, 4) is 0 Å². The quantitative estimate of drug-likeness (QED) is 0.699. The fourth-order valence-electron chi connectivity index (χ4n) is 3.18. The number of nitrogens with one attached hydrogen (secondary N) is 2. The number of hydrogen-bond donors (Lipinski definition) is 2. The van der Waals surface area contributed by atoms with Crippen LogP contribution in [0.5, 0.6) is 0 Å². The number of aromatic nitrogens is 3. The number of hydrogen-bond acceptors (Lipinski definition) is 5. The normalized spacial score (nSPS) is 15.0. The zero-order valence-electron chi connectivity index (χ0n) is 14.9. The first-order valence-electron chi connectivity index (χ1n) is 8.86. The van der Waals surface area contributed by atoms with Gasteiger partial charge in [0, 0.05) is 19.3 Å². The molecule has 3 heterocycles. The van der Waals surface area contributed by atoms with Crippen molar-refractivity contribution in [2.24, 2.45) is 0 Å². The van der Waals surface area contributed by atoms with Crippen molar-refractivity contribution in [3.05, 3.63) is 42.3 Å². The molecule has 1 fully saturated rings. The fraction of sp³-hybridized carbons (Fsp3) is 0.278. The lowest BCUT2D eigenvalue weighted by molar-refractivity contribution is 0.200. The van der Waals surface area contributed by atoms with Crippen LogP contribution in [-0.2, 0) is 9.84 Å². The number of amides is 2. The number of benzene rings is 1.